The van der Waals surface area contributed by atoms with E-state index in [0.29, 0.717) is 19.4 Å². The zero-order chi connectivity index (χ0) is 19.4. The molecule has 0 radical (unpaired) electrons. The number of carbonyl (C=O) groups is 3. The van der Waals surface area contributed by atoms with Crippen LogP contribution in [0, 0.1) is 0 Å². The van der Waals surface area contributed by atoms with Gasteiger partial charge in [0.05, 0.1) is 0 Å². The first kappa shape index (κ1) is 18.8. The van der Waals surface area contributed by atoms with E-state index in [0.717, 1.165) is 16.3 Å². The fourth-order valence-corrected chi connectivity index (χ4v) is 2.97. The summed E-state index contributed by atoms with van der Waals surface area (Å²) in [5, 5.41) is 16.5. The summed E-state index contributed by atoms with van der Waals surface area (Å²) in [4.78, 5) is 35.3. The van der Waals surface area contributed by atoms with E-state index in [2.05, 4.69) is 10.6 Å². The summed E-state index contributed by atoms with van der Waals surface area (Å²) < 4.78 is 4.83. The molecule has 27 heavy (non-hydrogen) atoms. The summed E-state index contributed by atoms with van der Waals surface area (Å²) in [7, 11) is 0. The van der Waals surface area contributed by atoms with Crippen LogP contribution in [0.15, 0.2) is 42.5 Å². The number of benzene rings is 2. The molecule has 2 aromatic carbocycles. The maximum Gasteiger partial charge on any atom is 0.336 e. The van der Waals surface area contributed by atoms with Crippen LogP contribution in [0.25, 0.3) is 10.8 Å². The monoisotopic (exact) mass is 370 g/mol. The zero-order valence-electron chi connectivity index (χ0n) is 15.0. The molecule has 3 atom stereocenters. The minimum Gasteiger partial charge on any atom is -0.479 e. The van der Waals surface area contributed by atoms with Crippen molar-refractivity contribution < 1.29 is 24.2 Å². The number of epoxide rings is 1. The Kier molecular flexibility index (Phi) is 5.71. The molecule has 2 aromatic rings. The van der Waals surface area contributed by atoms with Gasteiger partial charge in [-0.15, -0.1) is 0 Å². The standard InChI is InChI=1S/C20H22N2O5/c1-2-5-15(22-19(24)16-17(27-16)20(25)26)18(23)21-11-12-8-9-13-6-3-4-7-14(13)10-12/h3-4,6-10,15-17H,2,5,11H2,1H3,(H,21,23)(H,22,24)(H,25,26)/t15-,16?,17+/m0/s1. The highest BCUT2D eigenvalue weighted by molar-refractivity contribution is 5.95. The highest BCUT2D eigenvalue weighted by Gasteiger charge is 2.51. The average Bonchev–Trinajstić information content (AvgIpc) is 3.47. The molecule has 0 bridgehead atoms. The predicted octanol–water partition coefficient (Wildman–Crippen LogP) is 1.59. The summed E-state index contributed by atoms with van der Waals surface area (Å²) in [5.74, 6) is -2.05. The fourth-order valence-electron chi connectivity index (χ4n) is 2.97. The Balaban J connectivity index is 1.57. The van der Waals surface area contributed by atoms with Crippen LogP contribution in [0.1, 0.15) is 25.3 Å². The number of carbonyl (C=O) groups excluding carboxylic acids is 2. The molecule has 1 aliphatic heterocycles. The third-order valence-electron chi connectivity index (χ3n) is 4.48. The van der Waals surface area contributed by atoms with E-state index >= 15 is 0 Å². The third kappa shape index (κ3) is 4.62. The average molecular weight is 370 g/mol. The largest absolute Gasteiger partial charge is 0.479 e. The van der Waals surface area contributed by atoms with Gasteiger partial charge in [0.15, 0.2) is 12.2 Å². The minimum absolute atomic E-state index is 0.300. The highest BCUT2D eigenvalue weighted by Crippen LogP contribution is 2.22. The molecule has 0 aliphatic carbocycles. The molecule has 0 aromatic heterocycles. The molecular formula is C20H22N2O5. The molecule has 0 spiro atoms. The number of nitrogens with one attached hydrogen (secondary N) is 2. The maximum atomic E-state index is 12.5. The molecule has 2 amide bonds. The van der Waals surface area contributed by atoms with Crippen molar-refractivity contribution in [2.45, 2.75) is 44.6 Å². The Labute approximate surface area is 156 Å². The van der Waals surface area contributed by atoms with Gasteiger partial charge in [-0.05, 0) is 28.8 Å². The van der Waals surface area contributed by atoms with E-state index in [1.807, 2.05) is 49.4 Å². The minimum atomic E-state index is -1.18. The Hall–Kier alpha value is -2.93. The van der Waals surface area contributed by atoms with E-state index < -0.39 is 30.1 Å². The van der Waals surface area contributed by atoms with Gasteiger partial charge in [-0.3, -0.25) is 9.59 Å². The lowest BCUT2D eigenvalue weighted by molar-refractivity contribution is -0.138. The van der Waals surface area contributed by atoms with E-state index in [9.17, 15) is 14.4 Å². The lowest BCUT2D eigenvalue weighted by atomic mass is 10.1. The van der Waals surface area contributed by atoms with E-state index in [4.69, 9.17) is 9.84 Å². The SMILES string of the molecule is CCC[C@H](NC(=O)C1O[C@H]1C(=O)O)C(=O)NCc1ccc2ccccc2c1. The molecule has 1 unspecified atom stereocenters. The summed E-state index contributed by atoms with van der Waals surface area (Å²) in [6.45, 7) is 2.25. The second-order valence-corrected chi connectivity index (χ2v) is 6.56. The fraction of sp³-hybridized carbons (Fsp3) is 0.350. The molecule has 1 aliphatic rings. The van der Waals surface area contributed by atoms with E-state index in [1.54, 1.807) is 0 Å². The number of carboxylic acids is 1. The summed E-state index contributed by atoms with van der Waals surface area (Å²) in [6.07, 6.45) is -0.981. The van der Waals surface area contributed by atoms with Crippen molar-refractivity contribution in [3.8, 4) is 0 Å². The van der Waals surface area contributed by atoms with Crippen molar-refractivity contribution in [2.75, 3.05) is 0 Å². The second-order valence-electron chi connectivity index (χ2n) is 6.56. The van der Waals surface area contributed by atoms with Gasteiger partial charge in [0.2, 0.25) is 5.91 Å². The number of rotatable bonds is 8. The molecule has 3 N–H and O–H groups in total. The number of fused-ring (bicyclic) bond motifs is 1. The van der Waals surface area contributed by atoms with E-state index in [1.165, 1.54) is 0 Å². The molecule has 1 saturated heterocycles. The Bertz CT molecular complexity index is 866. The number of carboxylic acid groups (broad SMARTS) is 1. The van der Waals surface area contributed by atoms with Gasteiger partial charge in [0, 0.05) is 6.54 Å². The van der Waals surface area contributed by atoms with E-state index in [-0.39, 0.29) is 5.91 Å². The summed E-state index contributed by atoms with van der Waals surface area (Å²) >= 11 is 0. The first-order valence-electron chi connectivity index (χ1n) is 8.93. The van der Waals surface area contributed by atoms with Gasteiger partial charge in [-0.1, -0.05) is 49.7 Å². The topological polar surface area (TPSA) is 108 Å². The number of aliphatic carboxylic acids is 1. The zero-order valence-corrected chi connectivity index (χ0v) is 15.0. The van der Waals surface area contributed by atoms with Crippen molar-refractivity contribution >= 4 is 28.6 Å². The lowest BCUT2D eigenvalue weighted by Crippen LogP contribution is -2.48. The molecule has 3 rings (SSSR count). The number of ether oxygens (including phenoxy) is 1. The third-order valence-corrected chi connectivity index (χ3v) is 4.48. The molecule has 1 fully saturated rings. The normalized spacial score (nSPS) is 19.3. The summed E-state index contributed by atoms with van der Waals surface area (Å²) in [5.41, 5.74) is 0.958. The quantitative estimate of drug-likeness (QED) is 0.612. The summed E-state index contributed by atoms with van der Waals surface area (Å²) in [6, 6.07) is 13.2. The van der Waals surface area contributed by atoms with Crippen LogP contribution in [0.3, 0.4) is 0 Å². The van der Waals surface area contributed by atoms with Crippen LogP contribution in [-0.4, -0.2) is 41.1 Å². The van der Waals surface area contributed by atoms with Crippen molar-refractivity contribution in [3.05, 3.63) is 48.0 Å². The van der Waals surface area contributed by atoms with Crippen molar-refractivity contribution in [3.63, 3.8) is 0 Å². The first-order valence-corrected chi connectivity index (χ1v) is 8.93. The Morgan fingerprint density at radius 3 is 2.52 bits per heavy atom. The van der Waals surface area contributed by atoms with Crippen LogP contribution in [0.2, 0.25) is 0 Å². The maximum absolute atomic E-state index is 12.5. The van der Waals surface area contributed by atoms with Crippen molar-refractivity contribution in [1.82, 2.24) is 10.6 Å². The molecule has 142 valence electrons. The molecule has 7 nitrogen and oxygen atoms in total. The number of hydrogen-bond donors (Lipinski definition) is 3. The van der Waals surface area contributed by atoms with Gasteiger partial charge < -0.3 is 20.5 Å². The molecule has 1 heterocycles. The van der Waals surface area contributed by atoms with Crippen LogP contribution < -0.4 is 10.6 Å². The first-order chi connectivity index (χ1) is 13.0. The van der Waals surface area contributed by atoms with Crippen LogP contribution in [0.4, 0.5) is 0 Å². The number of hydrogen-bond acceptors (Lipinski definition) is 4. The van der Waals surface area contributed by atoms with Crippen LogP contribution >= 0.6 is 0 Å². The van der Waals surface area contributed by atoms with Gasteiger partial charge >= 0.3 is 5.97 Å². The van der Waals surface area contributed by atoms with Gasteiger partial charge in [-0.25, -0.2) is 4.79 Å². The van der Waals surface area contributed by atoms with Gasteiger partial charge in [-0.2, -0.15) is 0 Å². The molecule has 0 saturated carbocycles. The van der Waals surface area contributed by atoms with Crippen molar-refractivity contribution in [2.24, 2.45) is 0 Å². The predicted molar refractivity (Wildman–Crippen MR) is 98.9 cm³/mol. The Morgan fingerprint density at radius 1 is 1.11 bits per heavy atom. The lowest BCUT2D eigenvalue weighted by Gasteiger charge is -2.17. The molecular weight excluding hydrogens is 348 g/mol. The number of amides is 2. The van der Waals surface area contributed by atoms with Crippen LogP contribution in [-0.2, 0) is 25.7 Å². The van der Waals surface area contributed by atoms with Crippen LogP contribution in [0.5, 0.6) is 0 Å². The van der Waals surface area contributed by atoms with Crippen molar-refractivity contribution in [1.29, 1.82) is 0 Å². The Morgan fingerprint density at radius 2 is 1.85 bits per heavy atom. The smallest absolute Gasteiger partial charge is 0.336 e. The molecule has 7 heteroatoms. The highest BCUT2D eigenvalue weighted by atomic mass is 16.6. The van der Waals surface area contributed by atoms with Gasteiger partial charge in [0.1, 0.15) is 6.04 Å². The van der Waals surface area contributed by atoms with Gasteiger partial charge in [0.25, 0.3) is 5.91 Å². The second kappa shape index (κ2) is 8.18.